The smallest absolute Gasteiger partial charge is 0.256 e. The Labute approximate surface area is 92.8 Å². The van der Waals surface area contributed by atoms with Crippen LogP contribution in [0.15, 0.2) is 40.2 Å². The van der Waals surface area contributed by atoms with E-state index in [0.717, 1.165) is 0 Å². The number of sulfone groups is 1. The molecule has 4 nitrogen and oxygen atoms in total. The molecule has 5 heteroatoms. The van der Waals surface area contributed by atoms with E-state index in [9.17, 15) is 13.2 Å². The van der Waals surface area contributed by atoms with Crippen LogP contribution in [0.5, 0.6) is 0 Å². The van der Waals surface area contributed by atoms with Gasteiger partial charge in [0.15, 0.2) is 9.84 Å². The summed E-state index contributed by atoms with van der Waals surface area (Å²) in [5.74, 6) is -0.0265. The Hall–Kier alpha value is -1.62. The lowest BCUT2D eigenvalue weighted by Gasteiger charge is -2.02. The first kappa shape index (κ1) is 10.9. The van der Waals surface area contributed by atoms with E-state index in [4.69, 9.17) is 0 Å². The van der Waals surface area contributed by atoms with Crippen molar-refractivity contribution in [1.29, 1.82) is 0 Å². The zero-order valence-corrected chi connectivity index (χ0v) is 9.54. The molecule has 84 valence electrons. The van der Waals surface area contributed by atoms with Crippen LogP contribution in [0.1, 0.15) is 6.92 Å². The van der Waals surface area contributed by atoms with Gasteiger partial charge in [0.05, 0.1) is 5.75 Å². The molecule has 0 amide bonds. The zero-order chi connectivity index (χ0) is 11.8. The molecule has 0 aliphatic rings. The van der Waals surface area contributed by atoms with Gasteiger partial charge in [-0.3, -0.25) is 4.79 Å². The summed E-state index contributed by atoms with van der Waals surface area (Å²) in [6.07, 6.45) is 0. The van der Waals surface area contributed by atoms with E-state index in [0.29, 0.717) is 10.8 Å². The van der Waals surface area contributed by atoms with Gasteiger partial charge < -0.3 is 4.98 Å². The predicted molar refractivity (Wildman–Crippen MR) is 62.3 cm³/mol. The Kier molecular flexibility index (Phi) is 2.55. The van der Waals surface area contributed by atoms with Crippen LogP contribution in [-0.4, -0.2) is 19.2 Å². The Morgan fingerprint density at radius 2 is 1.94 bits per heavy atom. The average molecular weight is 237 g/mol. The number of nitrogens with one attached hydrogen (secondary N) is 1. The lowest BCUT2D eigenvalue weighted by Crippen LogP contribution is -2.14. The normalized spacial score (nSPS) is 11.8. The third-order valence-corrected chi connectivity index (χ3v) is 4.09. The molecule has 16 heavy (non-hydrogen) atoms. The quantitative estimate of drug-likeness (QED) is 0.856. The minimum absolute atomic E-state index is 0.0151. The maximum atomic E-state index is 11.6. The molecule has 0 radical (unpaired) electrons. The summed E-state index contributed by atoms with van der Waals surface area (Å²) in [5, 5.41) is 1.12. The van der Waals surface area contributed by atoms with E-state index in [2.05, 4.69) is 4.98 Å². The molecule has 0 aliphatic carbocycles. The van der Waals surface area contributed by atoms with Crippen molar-refractivity contribution < 1.29 is 8.42 Å². The van der Waals surface area contributed by atoms with Crippen LogP contribution in [0.3, 0.4) is 0 Å². The van der Waals surface area contributed by atoms with Gasteiger partial charge in [0, 0.05) is 5.39 Å². The molecule has 0 atom stereocenters. The number of pyridine rings is 1. The molecule has 1 aromatic carbocycles. The number of hydrogen-bond acceptors (Lipinski definition) is 3. The van der Waals surface area contributed by atoms with Gasteiger partial charge in [-0.1, -0.05) is 25.1 Å². The van der Waals surface area contributed by atoms with E-state index in [1.54, 1.807) is 31.2 Å². The summed E-state index contributed by atoms with van der Waals surface area (Å²) in [4.78, 5) is 14.0. The van der Waals surface area contributed by atoms with Crippen LogP contribution >= 0.6 is 0 Å². The number of hydrogen-bond donors (Lipinski definition) is 1. The molecule has 0 saturated carbocycles. The topological polar surface area (TPSA) is 67.0 Å². The summed E-state index contributed by atoms with van der Waals surface area (Å²) < 4.78 is 23.3. The maximum Gasteiger partial charge on any atom is 0.256 e. The van der Waals surface area contributed by atoms with E-state index >= 15 is 0 Å². The van der Waals surface area contributed by atoms with Gasteiger partial charge in [-0.15, -0.1) is 0 Å². The van der Waals surface area contributed by atoms with Gasteiger partial charge in [0.25, 0.3) is 5.56 Å². The first-order chi connectivity index (χ1) is 7.54. The fraction of sp³-hybridized carbons (Fsp3) is 0.182. The first-order valence-corrected chi connectivity index (χ1v) is 6.54. The summed E-state index contributed by atoms with van der Waals surface area (Å²) in [6.45, 7) is 1.54. The molecule has 0 bridgehead atoms. The molecule has 2 aromatic rings. The van der Waals surface area contributed by atoms with Crippen LogP contribution in [0.4, 0.5) is 0 Å². The second kappa shape index (κ2) is 3.75. The second-order valence-corrected chi connectivity index (χ2v) is 5.70. The number of aromatic amines is 1. The molecule has 0 spiro atoms. The minimum atomic E-state index is -3.37. The largest absolute Gasteiger partial charge is 0.312 e. The Balaban J connectivity index is 2.83. The lowest BCUT2D eigenvalue weighted by molar-refractivity contribution is 0.593. The predicted octanol–water partition coefficient (Wildman–Crippen LogP) is 1.32. The summed E-state index contributed by atoms with van der Waals surface area (Å²) in [6, 6.07) is 8.39. The van der Waals surface area contributed by atoms with Crippen molar-refractivity contribution >= 4 is 20.6 Å². The van der Waals surface area contributed by atoms with Crippen molar-refractivity contribution in [2.24, 2.45) is 0 Å². The average Bonchev–Trinajstić information content (AvgIpc) is 2.29. The highest BCUT2D eigenvalue weighted by atomic mass is 32.2. The highest BCUT2D eigenvalue weighted by Crippen LogP contribution is 2.13. The number of benzene rings is 1. The van der Waals surface area contributed by atoms with Gasteiger partial charge in [-0.2, -0.15) is 0 Å². The van der Waals surface area contributed by atoms with Crippen molar-refractivity contribution in [2.75, 3.05) is 5.75 Å². The summed E-state index contributed by atoms with van der Waals surface area (Å²) in [5.41, 5.74) is -0.370. The SMILES string of the molecule is CCS(=O)(=O)c1cc2ccccc2c(=O)[nH]1. The van der Waals surface area contributed by atoms with Crippen molar-refractivity contribution in [3.05, 3.63) is 40.7 Å². The molecular formula is C11H11NO3S. The number of rotatable bonds is 2. The van der Waals surface area contributed by atoms with E-state index in [1.165, 1.54) is 6.07 Å². The molecule has 1 heterocycles. The van der Waals surface area contributed by atoms with Crippen molar-refractivity contribution in [3.8, 4) is 0 Å². The van der Waals surface area contributed by atoms with E-state index < -0.39 is 9.84 Å². The van der Waals surface area contributed by atoms with Gasteiger partial charge in [0.1, 0.15) is 5.03 Å². The molecule has 1 N–H and O–H groups in total. The maximum absolute atomic E-state index is 11.6. The standard InChI is InChI=1S/C11H11NO3S/c1-2-16(14,15)10-7-8-5-3-4-6-9(8)11(13)12-10/h3-7H,2H2,1H3,(H,12,13). The summed E-state index contributed by atoms with van der Waals surface area (Å²) in [7, 11) is -3.37. The Morgan fingerprint density at radius 3 is 2.62 bits per heavy atom. The van der Waals surface area contributed by atoms with Crippen LogP contribution in [0.25, 0.3) is 10.8 Å². The molecule has 0 unspecified atom stereocenters. The van der Waals surface area contributed by atoms with Crippen LogP contribution in [0.2, 0.25) is 0 Å². The summed E-state index contributed by atoms with van der Waals surface area (Å²) >= 11 is 0. The van der Waals surface area contributed by atoms with Crippen molar-refractivity contribution in [1.82, 2.24) is 4.98 Å². The van der Waals surface area contributed by atoms with Gasteiger partial charge in [0.2, 0.25) is 0 Å². The van der Waals surface area contributed by atoms with Gasteiger partial charge in [-0.25, -0.2) is 8.42 Å². The fourth-order valence-electron chi connectivity index (χ4n) is 1.51. The molecule has 1 aromatic heterocycles. The first-order valence-electron chi connectivity index (χ1n) is 4.89. The lowest BCUT2D eigenvalue weighted by atomic mass is 10.2. The zero-order valence-electron chi connectivity index (χ0n) is 8.73. The number of aromatic nitrogens is 1. The van der Waals surface area contributed by atoms with Crippen molar-refractivity contribution in [2.45, 2.75) is 11.9 Å². The molecule has 0 aliphatic heterocycles. The van der Waals surface area contributed by atoms with Gasteiger partial charge >= 0.3 is 0 Å². The number of fused-ring (bicyclic) bond motifs is 1. The Morgan fingerprint density at radius 1 is 1.25 bits per heavy atom. The molecule has 2 rings (SSSR count). The van der Waals surface area contributed by atoms with Gasteiger partial charge in [-0.05, 0) is 17.5 Å². The van der Waals surface area contributed by atoms with Crippen LogP contribution < -0.4 is 5.56 Å². The molecular weight excluding hydrogens is 226 g/mol. The monoisotopic (exact) mass is 237 g/mol. The van der Waals surface area contributed by atoms with Crippen LogP contribution in [-0.2, 0) is 9.84 Å². The molecule has 0 saturated heterocycles. The van der Waals surface area contributed by atoms with Crippen LogP contribution in [0, 0.1) is 0 Å². The van der Waals surface area contributed by atoms with Crippen molar-refractivity contribution in [3.63, 3.8) is 0 Å². The Bertz CT molecular complexity index is 686. The number of H-pyrrole nitrogens is 1. The van der Waals surface area contributed by atoms with E-state index in [1.807, 2.05) is 0 Å². The second-order valence-electron chi connectivity index (χ2n) is 3.45. The fourth-order valence-corrected chi connectivity index (χ4v) is 2.37. The highest BCUT2D eigenvalue weighted by Gasteiger charge is 2.13. The third-order valence-electron chi connectivity index (χ3n) is 2.44. The third kappa shape index (κ3) is 1.74. The molecule has 0 fully saturated rings. The minimum Gasteiger partial charge on any atom is -0.312 e. The highest BCUT2D eigenvalue weighted by molar-refractivity contribution is 7.91. The van der Waals surface area contributed by atoms with E-state index in [-0.39, 0.29) is 16.3 Å².